The van der Waals surface area contributed by atoms with E-state index in [0.717, 1.165) is 11.5 Å². The summed E-state index contributed by atoms with van der Waals surface area (Å²) in [7, 11) is 1.88. The van der Waals surface area contributed by atoms with Gasteiger partial charge in [0.2, 0.25) is 0 Å². The molecule has 2 nitrogen and oxygen atoms in total. The van der Waals surface area contributed by atoms with Crippen LogP contribution in [-0.4, -0.2) is 12.0 Å². The second kappa shape index (κ2) is 4.99. The summed E-state index contributed by atoms with van der Waals surface area (Å²) in [6.45, 7) is 4.28. The quantitative estimate of drug-likeness (QED) is 0.768. The number of rotatable bonds is 2. The number of nitrogens with one attached hydrogen (secondary N) is 1. The highest BCUT2D eigenvalue weighted by molar-refractivity contribution is 5.85. The summed E-state index contributed by atoms with van der Waals surface area (Å²) in [5.74, 6) is 1.44. The number of hydrogen-bond donors (Lipinski definition) is 1. The molecule has 0 fully saturated rings. The molecule has 1 aromatic heterocycles. The Kier molecular flexibility index (Phi) is 4.67. The Balaban J connectivity index is 0.00000121. The van der Waals surface area contributed by atoms with Crippen molar-refractivity contribution >= 4 is 18.2 Å². The van der Waals surface area contributed by atoms with Gasteiger partial charge in [-0.1, -0.05) is 19.9 Å². The molecule has 0 aromatic carbocycles. The Bertz CT molecular complexity index is 236. The summed E-state index contributed by atoms with van der Waals surface area (Å²) in [5, 5.41) is 3.01. The third kappa shape index (κ3) is 2.70. The van der Waals surface area contributed by atoms with Crippen LogP contribution >= 0.6 is 12.4 Å². The van der Waals surface area contributed by atoms with Gasteiger partial charge in [0.25, 0.3) is 0 Å². The van der Waals surface area contributed by atoms with Gasteiger partial charge >= 0.3 is 0 Å². The molecule has 68 valence electrons. The Morgan fingerprint density at radius 1 is 1.33 bits per heavy atom. The van der Waals surface area contributed by atoms with Crippen LogP contribution < -0.4 is 5.32 Å². The molecule has 0 atom stereocenters. The molecular formula is C9H15ClN2. The zero-order chi connectivity index (χ0) is 8.27. The second-order valence-corrected chi connectivity index (χ2v) is 2.85. The minimum atomic E-state index is 0. The summed E-state index contributed by atoms with van der Waals surface area (Å²) < 4.78 is 0. The highest BCUT2D eigenvalue weighted by Gasteiger charge is 1.99. The van der Waals surface area contributed by atoms with Crippen molar-refractivity contribution in [3.63, 3.8) is 0 Å². The number of hydrogen-bond acceptors (Lipinski definition) is 2. The van der Waals surface area contributed by atoms with Crippen molar-refractivity contribution in [2.75, 3.05) is 12.4 Å². The summed E-state index contributed by atoms with van der Waals surface area (Å²) in [4.78, 5) is 4.38. The average molecular weight is 187 g/mol. The van der Waals surface area contributed by atoms with E-state index in [4.69, 9.17) is 0 Å². The molecule has 0 aliphatic heterocycles. The van der Waals surface area contributed by atoms with Gasteiger partial charge in [-0.25, -0.2) is 4.98 Å². The van der Waals surface area contributed by atoms with Crippen LogP contribution in [0.2, 0.25) is 0 Å². The average Bonchev–Trinajstić information content (AvgIpc) is 2.05. The number of anilines is 1. The van der Waals surface area contributed by atoms with E-state index in [0.29, 0.717) is 5.92 Å². The fraction of sp³-hybridized carbons (Fsp3) is 0.444. The highest BCUT2D eigenvalue weighted by Crippen LogP contribution is 2.12. The van der Waals surface area contributed by atoms with E-state index in [-0.39, 0.29) is 12.4 Å². The van der Waals surface area contributed by atoms with Crippen LogP contribution in [0.3, 0.4) is 0 Å². The van der Waals surface area contributed by atoms with Gasteiger partial charge in [0, 0.05) is 12.7 Å². The lowest BCUT2D eigenvalue weighted by Gasteiger charge is -2.05. The van der Waals surface area contributed by atoms with Crippen LogP contribution in [0.15, 0.2) is 18.2 Å². The number of aromatic nitrogens is 1. The zero-order valence-corrected chi connectivity index (χ0v) is 8.48. The molecule has 1 N–H and O–H groups in total. The van der Waals surface area contributed by atoms with Crippen molar-refractivity contribution < 1.29 is 0 Å². The second-order valence-electron chi connectivity index (χ2n) is 2.85. The predicted molar refractivity (Wildman–Crippen MR) is 55.1 cm³/mol. The molecule has 0 spiro atoms. The van der Waals surface area contributed by atoms with Gasteiger partial charge in [-0.05, 0) is 18.1 Å². The largest absolute Gasteiger partial charge is 0.373 e. The van der Waals surface area contributed by atoms with Crippen LogP contribution in [-0.2, 0) is 0 Å². The topological polar surface area (TPSA) is 24.9 Å². The van der Waals surface area contributed by atoms with Gasteiger partial charge in [-0.2, -0.15) is 0 Å². The number of nitrogens with zero attached hydrogens (tertiary/aromatic N) is 1. The molecular weight excluding hydrogens is 172 g/mol. The highest BCUT2D eigenvalue weighted by atomic mass is 35.5. The summed E-state index contributed by atoms with van der Waals surface area (Å²) >= 11 is 0. The third-order valence-electron chi connectivity index (χ3n) is 1.62. The Hall–Kier alpha value is -0.760. The number of halogens is 1. The maximum absolute atomic E-state index is 4.38. The first-order chi connectivity index (χ1) is 5.24. The predicted octanol–water partition coefficient (Wildman–Crippen LogP) is 2.67. The lowest BCUT2D eigenvalue weighted by molar-refractivity contribution is 0.824. The van der Waals surface area contributed by atoms with Crippen LogP contribution in [0, 0.1) is 0 Å². The van der Waals surface area contributed by atoms with Crippen LogP contribution in [0.4, 0.5) is 5.82 Å². The van der Waals surface area contributed by atoms with E-state index in [9.17, 15) is 0 Å². The molecule has 12 heavy (non-hydrogen) atoms. The van der Waals surface area contributed by atoms with Crippen molar-refractivity contribution in [1.29, 1.82) is 0 Å². The normalized spacial score (nSPS) is 9.33. The van der Waals surface area contributed by atoms with Gasteiger partial charge in [0.05, 0.1) is 0 Å². The lowest BCUT2D eigenvalue weighted by Crippen LogP contribution is -1.97. The van der Waals surface area contributed by atoms with E-state index < -0.39 is 0 Å². The Labute approximate surface area is 79.8 Å². The van der Waals surface area contributed by atoms with Gasteiger partial charge in [-0.3, -0.25) is 0 Å². The first-order valence-electron chi connectivity index (χ1n) is 3.88. The molecule has 1 heterocycles. The van der Waals surface area contributed by atoms with Crippen LogP contribution in [0.5, 0.6) is 0 Å². The molecule has 0 saturated carbocycles. The summed E-state index contributed by atoms with van der Waals surface area (Å²) in [6, 6.07) is 6.03. The van der Waals surface area contributed by atoms with Crippen molar-refractivity contribution in [2.45, 2.75) is 19.8 Å². The minimum absolute atomic E-state index is 0. The van der Waals surface area contributed by atoms with E-state index in [1.54, 1.807) is 0 Å². The molecule has 0 radical (unpaired) electrons. The van der Waals surface area contributed by atoms with Crippen molar-refractivity contribution in [3.05, 3.63) is 23.9 Å². The number of pyridine rings is 1. The first-order valence-corrected chi connectivity index (χ1v) is 3.88. The minimum Gasteiger partial charge on any atom is -0.373 e. The Morgan fingerprint density at radius 2 is 2.00 bits per heavy atom. The molecule has 0 saturated heterocycles. The lowest BCUT2D eigenvalue weighted by atomic mass is 10.1. The molecule has 3 heteroatoms. The van der Waals surface area contributed by atoms with Crippen LogP contribution in [0.1, 0.15) is 25.5 Å². The van der Waals surface area contributed by atoms with E-state index >= 15 is 0 Å². The standard InChI is InChI=1S/C9H14N2.ClH/c1-7(2)8-5-4-6-9(10-3)11-8;/h4-7H,1-3H3,(H,10,11);1H. The molecule has 0 aliphatic carbocycles. The van der Waals surface area contributed by atoms with Gasteiger partial charge in [-0.15, -0.1) is 12.4 Å². The SMILES string of the molecule is CNc1cccc(C(C)C)n1.Cl. The first kappa shape index (κ1) is 11.2. The molecule has 1 aromatic rings. The van der Waals surface area contributed by atoms with Crippen molar-refractivity contribution in [3.8, 4) is 0 Å². The van der Waals surface area contributed by atoms with Gasteiger partial charge in [0.15, 0.2) is 0 Å². The molecule has 0 amide bonds. The molecule has 0 aliphatic rings. The van der Waals surface area contributed by atoms with Gasteiger partial charge < -0.3 is 5.32 Å². The monoisotopic (exact) mass is 186 g/mol. The summed E-state index contributed by atoms with van der Waals surface area (Å²) in [5.41, 5.74) is 1.14. The van der Waals surface area contributed by atoms with Gasteiger partial charge in [0.1, 0.15) is 5.82 Å². The van der Waals surface area contributed by atoms with Crippen molar-refractivity contribution in [1.82, 2.24) is 4.98 Å². The smallest absolute Gasteiger partial charge is 0.125 e. The zero-order valence-electron chi connectivity index (χ0n) is 7.66. The fourth-order valence-corrected chi connectivity index (χ4v) is 0.912. The molecule has 1 rings (SSSR count). The maximum atomic E-state index is 4.38. The summed E-state index contributed by atoms with van der Waals surface area (Å²) in [6.07, 6.45) is 0. The third-order valence-corrected chi connectivity index (χ3v) is 1.62. The maximum Gasteiger partial charge on any atom is 0.125 e. The molecule has 0 unspecified atom stereocenters. The van der Waals surface area contributed by atoms with E-state index in [2.05, 4.69) is 24.1 Å². The molecule has 0 bridgehead atoms. The fourth-order valence-electron chi connectivity index (χ4n) is 0.912. The van der Waals surface area contributed by atoms with Crippen LogP contribution in [0.25, 0.3) is 0 Å². The van der Waals surface area contributed by atoms with Crippen molar-refractivity contribution in [2.24, 2.45) is 0 Å². The van der Waals surface area contributed by atoms with E-state index in [1.165, 1.54) is 0 Å². The Morgan fingerprint density at radius 3 is 2.50 bits per heavy atom. The van der Waals surface area contributed by atoms with E-state index in [1.807, 2.05) is 25.2 Å².